The summed E-state index contributed by atoms with van der Waals surface area (Å²) in [5.41, 5.74) is 6.13. The van der Waals surface area contributed by atoms with E-state index in [4.69, 9.17) is 5.73 Å². The van der Waals surface area contributed by atoms with E-state index in [1.807, 2.05) is 6.92 Å². The minimum atomic E-state index is 0.0795. The molecule has 3 N–H and O–H groups in total. The van der Waals surface area contributed by atoms with Gasteiger partial charge in [0.15, 0.2) is 0 Å². The van der Waals surface area contributed by atoms with Gasteiger partial charge in [0.1, 0.15) is 0 Å². The number of nitrogens with zero attached hydrogens (tertiary/aromatic N) is 1. The van der Waals surface area contributed by atoms with Gasteiger partial charge >= 0.3 is 0 Å². The summed E-state index contributed by atoms with van der Waals surface area (Å²) in [4.78, 5) is 13.5. The van der Waals surface area contributed by atoms with Crippen LogP contribution in [0.2, 0.25) is 0 Å². The van der Waals surface area contributed by atoms with E-state index in [1.165, 1.54) is 0 Å². The fraction of sp³-hybridized carbons (Fsp3) is 0.909. The molecule has 1 aliphatic rings. The molecule has 1 fully saturated rings. The average Bonchev–Trinajstić information content (AvgIpc) is 1.99. The first kappa shape index (κ1) is 12.5. The molecule has 0 aromatic carbocycles. The van der Waals surface area contributed by atoms with Gasteiger partial charge in [0, 0.05) is 25.2 Å². The second-order valence-electron chi connectivity index (χ2n) is 5.49. The van der Waals surface area contributed by atoms with Gasteiger partial charge < -0.3 is 11.1 Å². The normalized spacial score (nSPS) is 23.4. The first-order valence-electron chi connectivity index (χ1n) is 5.58. The summed E-state index contributed by atoms with van der Waals surface area (Å²) in [6, 6.07) is 0.333. The fourth-order valence-corrected chi connectivity index (χ4v) is 2.56. The Morgan fingerprint density at radius 2 is 2.07 bits per heavy atom. The summed E-state index contributed by atoms with van der Waals surface area (Å²) in [5, 5.41) is 2.84. The summed E-state index contributed by atoms with van der Waals surface area (Å²) in [6.45, 7) is 10.6. The molecule has 0 radical (unpaired) electrons. The predicted molar refractivity (Wildman–Crippen MR) is 61.5 cm³/mol. The van der Waals surface area contributed by atoms with E-state index in [9.17, 15) is 4.79 Å². The van der Waals surface area contributed by atoms with Crippen LogP contribution in [0.5, 0.6) is 0 Å². The van der Waals surface area contributed by atoms with Gasteiger partial charge in [-0.25, -0.2) is 0 Å². The lowest BCUT2D eigenvalue weighted by Crippen LogP contribution is -2.60. The third kappa shape index (κ3) is 3.18. The van der Waals surface area contributed by atoms with Crippen molar-refractivity contribution >= 4 is 5.91 Å². The first-order chi connectivity index (χ1) is 6.82. The van der Waals surface area contributed by atoms with Crippen molar-refractivity contribution in [1.29, 1.82) is 0 Å². The molecule has 0 aromatic rings. The van der Waals surface area contributed by atoms with E-state index in [0.29, 0.717) is 6.54 Å². The van der Waals surface area contributed by atoms with Crippen molar-refractivity contribution in [1.82, 2.24) is 10.2 Å². The molecule has 1 rings (SSSR count). The SMILES string of the molecule is CC(N)C(N1CCNC(=O)C1)C(C)(C)C. The molecule has 1 aliphatic heterocycles. The molecule has 1 amide bonds. The third-order valence-corrected chi connectivity index (χ3v) is 2.85. The molecule has 0 aliphatic carbocycles. The Labute approximate surface area is 92.2 Å². The summed E-state index contributed by atoms with van der Waals surface area (Å²) < 4.78 is 0. The molecule has 4 heteroatoms. The maximum Gasteiger partial charge on any atom is 0.234 e. The Hall–Kier alpha value is -0.610. The average molecular weight is 213 g/mol. The van der Waals surface area contributed by atoms with E-state index >= 15 is 0 Å². The molecule has 0 aromatic heterocycles. The van der Waals surface area contributed by atoms with Gasteiger partial charge in [-0.1, -0.05) is 20.8 Å². The molecule has 0 saturated carbocycles. The molecular formula is C11H23N3O. The van der Waals surface area contributed by atoms with Gasteiger partial charge in [0.05, 0.1) is 6.54 Å². The zero-order chi connectivity index (χ0) is 11.6. The van der Waals surface area contributed by atoms with E-state index < -0.39 is 0 Å². The van der Waals surface area contributed by atoms with Crippen LogP contribution in [0.3, 0.4) is 0 Å². The third-order valence-electron chi connectivity index (χ3n) is 2.85. The number of carbonyl (C=O) groups is 1. The Balaban J connectivity index is 2.75. The van der Waals surface area contributed by atoms with Crippen LogP contribution in [-0.4, -0.2) is 42.5 Å². The predicted octanol–water partition coefficient (Wildman–Crippen LogP) is 0.180. The summed E-state index contributed by atoms with van der Waals surface area (Å²) >= 11 is 0. The highest BCUT2D eigenvalue weighted by molar-refractivity contribution is 5.78. The van der Waals surface area contributed by atoms with Crippen molar-refractivity contribution in [3.8, 4) is 0 Å². The van der Waals surface area contributed by atoms with E-state index in [1.54, 1.807) is 0 Å². The molecule has 15 heavy (non-hydrogen) atoms. The molecule has 2 unspecified atom stereocenters. The van der Waals surface area contributed by atoms with E-state index in [0.717, 1.165) is 13.1 Å². The molecule has 4 nitrogen and oxygen atoms in total. The molecule has 0 spiro atoms. The van der Waals surface area contributed by atoms with Gasteiger partial charge in [-0.2, -0.15) is 0 Å². The van der Waals surface area contributed by atoms with Gasteiger partial charge in [-0.3, -0.25) is 9.69 Å². The molecule has 1 saturated heterocycles. The zero-order valence-corrected chi connectivity index (χ0v) is 10.2. The Morgan fingerprint density at radius 3 is 2.47 bits per heavy atom. The highest BCUT2D eigenvalue weighted by Gasteiger charge is 2.35. The number of piperazine rings is 1. The maximum absolute atomic E-state index is 11.3. The first-order valence-corrected chi connectivity index (χ1v) is 5.58. The lowest BCUT2D eigenvalue weighted by molar-refractivity contribution is -0.125. The Kier molecular flexibility index (Phi) is 3.73. The van der Waals surface area contributed by atoms with Gasteiger partial charge in [0.25, 0.3) is 0 Å². The van der Waals surface area contributed by atoms with Crippen LogP contribution in [0.4, 0.5) is 0 Å². The molecule has 2 atom stereocenters. The zero-order valence-electron chi connectivity index (χ0n) is 10.2. The number of hydrogen-bond acceptors (Lipinski definition) is 3. The minimum Gasteiger partial charge on any atom is -0.354 e. The minimum absolute atomic E-state index is 0.0795. The molecular weight excluding hydrogens is 190 g/mol. The largest absolute Gasteiger partial charge is 0.354 e. The number of hydrogen-bond donors (Lipinski definition) is 2. The van der Waals surface area contributed by atoms with Crippen molar-refractivity contribution < 1.29 is 4.79 Å². The number of carbonyl (C=O) groups excluding carboxylic acids is 1. The molecule has 1 heterocycles. The Morgan fingerprint density at radius 1 is 1.47 bits per heavy atom. The van der Waals surface area contributed by atoms with Crippen molar-refractivity contribution in [2.45, 2.75) is 39.8 Å². The number of nitrogens with one attached hydrogen (secondary N) is 1. The Bertz CT molecular complexity index is 232. The van der Waals surface area contributed by atoms with Crippen LogP contribution in [0.25, 0.3) is 0 Å². The summed E-state index contributed by atoms with van der Waals surface area (Å²) in [6.07, 6.45) is 0. The van der Waals surface area contributed by atoms with Crippen LogP contribution in [0, 0.1) is 5.41 Å². The van der Waals surface area contributed by atoms with Gasteiger partial charge in [0.2, 0.25) is 5.91 Å². The number of rotatable bonds is 2. The quantitative estimate of drug-likeness (QED) is 0.688. The van der Waals surface area contributed by atoms with Crippen LogP contribution in [0.1, 0.15) is 27.7 Å². The summed E-state index contributed by atoms with van der Waals surface area (Å²) in [5.74, 6) is 0.108. The van der Waals surface area contributed by atoms with Crippen molar-refractivity contribution in [3.05, 3.63) is 0 Å². The standard InChI is InChI=1S/C11H23N3O/c1-8(12)10(11(2,3)4)14-6-5-13-9(15)7-14/h8,10H,5-7,12H2,1-4H3,(H,13,15). The van der Waals surface area contributed by atoms with Crippen molar-refractivity contribution in [2.24, 2.45) is 11.1 Å². The second kappa shape index (κ2) is 4.49. The van der Waals surface area contributed by atoms with Crippen molar-refractivity contribution in [3.63, 3.8) is 0 Å². The van der Waals surface area contributed by atoms with Crippen molar-refractivity contribution in [2.75, 3.05) is 19.6 Å². The number of nitrogens with two attached hydrogens (primary N) is 1. The number of amides is 1. The van der Waals surface area contributed by atoms with Crippen LogP contribution >= 0.6 is 0 Å². The van der Waals surface area contributed by atoms with E-state index in [-0.39, 0.29) is 23.4 Å². The van der Waals surface area contributed by atoms with Gasteiger partial charge in [-0.05, 0) is 12.3 Å². The summed E-state index contributed by atoms with van der Waals surface area (Å²) in [7, 11) is 0. The van der Waals surface area contributed by atoms with Crippen LogP contribution in [0.15, 0.2) is 0 Å². The van der Waals surface area contributed by atoms with Crippen LogP contribution < -0.4 is 11.1 Å². The van der Waals surface area contributed by atoms with Crippen LogP contribution in [-0.2, 0) is 4.79 Å². The van der Waals surface area contributed by atoms with E-state index in [2.05, 4.69) is 31.0 Å². The highest BCUT2D eigenvalue weighted by atomic mass is 16.2. The lowest BCUT2D eigenvalue weighted by Gasteiger charge is -2.43. The lowest BCUT2D eigenvalue weighted by atomic mass is 9.81. The van der Waals surface area contributed by atoms with Gasteiger partial charge in [-0.15, -0.1) is 0 Å². The maximum atomic E-state index is 11.3. The molecule has 88 valence electrons. The highest BCUT2D eigenvalue weighted by Crippen LogP contribution is 2.26. The fourth-order valence-electron chi connectivity index (χ4n) is 2.56. The smallest absolute Gasteiger partial charge is 0.234 e. The second-order valence-corrected chi connectivity index (χ2v) is 5.49. The topological polar surface area (TPSA) is 58.4 Å². The molecule has 0 bridgehead atoms. The monoisotopic (exact) mass is 213 g/mol.